The second-order valence-electron chi connectivity index (χ2n) is 3.55. The van der Waals surface area contributed by atoms with E-state index >= 15 is 0 Å². The van der Waals surface area contributed by atoms with Crippen LogP contribution in [0, 0.1) is 0 Å². The fraction of sp³-hybridized carbons (Fsp3) is 0.364. The van der Waals surface area contributed by atoms with Gasteiger partial charge in [0.1, 0.15) is 11.9 Å². The number of halogens is 1. The van der Waals surface area contributed by atoms with Gasteiger partial charge in [-0.25, -0.2) is 0 Å². The lowest BCUT2D eigenvalue weighted by molar-refractivity contribution is -0.114. The van der Waals surface area contributed by atoms with Crippen molar-refractivity contribution in [3.63, 3.8) is 0 Å². The summed E-state index contributed by atoms with van der Waals surface area (Å²) in [6.45, 7) is 2.11. The minimum Gasteiger partial charge on any atom is -0.472 e. The third-order valence-electron chi connectivity index (χ3n) is 2.07. The van der Waals surface area contributed by atoms with E-state index in [2.05, 4.69) is 5.32 Å². The van der Waals surface area contributed by atoms with Gasteiger partial charge in [0, 0.05) is 12.6 Å². The number of nitrogens with one attached hydrogen (secondary N) is 1. The first kappa shape index (κ1) is 11.2. The number of carbonyl (C=O) groups excluding carboxylic acids is 1. The minimum absolute atomic E-state index is 0.00307. The molecule has 1 aliphatic heterocycles. The zero-order chi connectivity index (χ0) is 11.5. The lowest BCUT2D eigenvalue weighted by Gasteiger charge is -2.10. The summed E-state index contributed by atoms with van der Waals surface area (Å²) in [5.74, 6) is 0.555. The zero-order valence-corrected chi connectivity index (χ0v) is 9.53. The fourth-order valence-electron chi connectivity index (χ4n) is 1.23. The van der Waals surface area contributed by atoms with E-state index in [1.165, 1.54) is 6.92 Å². The van der Waals surface area contributed by atoms with Gasteiger partial charge < -0.3 is 14.8 Å². The smallest absolute Gasteiger partial charge is 0.221 e. The molecule has 0 saturated carbocycles. The third kappa shape index (κ3) is 3.12. The van der Waals surface area contributed by atoms with E-state index in [1.54, 1.807) is 24.3 Å². The SMILES string of the molecule is CC(=O)Nc1ccc(OC(Cl)C2CO2)cc1. The molecule has 5 heteroatoms. The van der Waals surface area contributed by atoms with E-state index < -0.39 is 5.56 Å². The largest absolute Gasteiger partial charge is 0.472 e. The average Bonchev–Trinajstić information content (AvgIpc) is 3.03. The van der Waals surface area contributed by atoms with Gasteiger partial charge in [-0.1, -0.05) is 11.6 Å². The number of epoxide rings is 1. The van der Waals surface area contributed by atoms with Crippen LogP contribution in [0.2, 0.25) is 0 Å². The molecule has 0 bridgehead atoms. The Labute approximate surface area is 98.5 Å². The minimum atomic E-state index is -0.452. The molecule has 16 heavy (non-hydrogen) atoms. The quantitative estimate of drug-likeness (QED) is 0.648. The average molecular weight is 242 g/mol. The Morgan fingerprint density at radius 3 is 2.69 bits per heavy atom. The Kier molecular flexibility index (Phi) is 3.31. The number of carbonyl (C=O) groups is 1. The van der Waals surface area contributed by atoms with E-state index in [4.69, 9.17) is 21.1 Å². The highest BCUT2D eigenvalue weighted by atomic mass is 35.5. The van der Waals surface area contributed by atoms with Gasteiger partial charge >= 0.3 is 0 Å². The summed E-state index contributed by atoms with van der Waals surface area (Å²) < 4.78 is 10.4. The topological polar surface area (TPSA) is 50.9 Å². The maximum Gasteiger partial charge on any atom is 0.221 e. The monoisotopic (exact) mass is 241 g/mol. The molecular formula is C11H12ClNO3. The molecule has 1 heterocycles. The van der Waals surface area contributed by atoms with Crippen molar-refractivity contribution in [2.75, 3.05) is 11.9 Å². The summed E-state index contributed by atoms with van der Waals surface area (Å²) in [7, 11) is 0. The van der Waals surface area contributed by atoms with Crippen molar-refractivity contribution in [3.05, 3.63) is 24.3 Å². The zero-order valence-electron chi connectivity index (χ0n) is 8.77. The van der Waals surface area contributed by atoms with E-state index in [9.17, 15) is 4.79 Å². The van der Waals surface area contributed by atoms with Gasteiger partial charge in [0.05, 0.1) is 6.61 Å². The summed E-state index contributed by atoms with van der Waals surface area (Å²) in [4.78, 5) is 10.8. The number of amides is 1. The van der Waals surface area contributed by atoms with Crippen molar-refractivity contribution in [3.8, 4) is 5.75 Å². The van der Waals surface area contributed by atoms with Gasteiger partial charge in [-0.05, 0) is 24.3 Å². The van der Waals surface area contributed by atoms with E-state index in [0.29, 0.717) is 12.4 Å². The van der Waals surface area contributed by atoms with Crippen LogP contribution in [0.25, 0.3) is 0 Å². The summed E-state index contributed by atoms with van der Waals surface area (Å²) in [6, 6.07) is 7.02. The number of hydrogen-bond acceptors (Lipinski definition) is 3. The third-order valence-corrected chi connectivity index (χ3v) is 2.44. The Balaban J connectivity index is 1.93. The number of rotatable bonds is 4. The second kappa shape index (κ2) is 4.72. The van der Waals surface area contributed by atoms with Crippen molar-refractivity contribution in [2.24, 2.45) is 0 Å². The molecule has 2 atom stereocenters. The molecule has 1 aromatic carbocycles. The molecule has 4 nitrogen and oxygen atoms in total. The molecule has 1 aromatic rings. The summed E-state index contributed by atoms with van der Waals surface area (Å²) >= 11 is 5.92. The molecule has 0 aliphatic carbocycles. The Hall–Kier alpha value is -1.26. The van der Waals surface area contributed by atoms with Crippen LogP contribution in [0.3, 0.4) is 0 Å². The number of benzene rings is 1. The van der Waals surface area contributed by atoms with Crippen molar-refractivity contribution in [1.82, 2.24) is 0 Å². The molecule has 1 N–H and O–H groups in total. The molecule has 0 radical (unpaired) electrons. The Morgan fingerprint density at radius 1 is 1.56 bits per heavy atom. The molecule has 1 amide bonds. The molecule has 2 unspecified atom stereocenters. The van der Waals surface area contributed by atoms with Crippen molar-refractivity contribution in [2.45, 2.75) is 18.6 Å². The maximum absolute atomic E-state index is 10.8. The molecule has 1 fully saturated rings. The first-order valence-corrected chi connectivity index (χ1v) is 5.39. The lowest BCUT2D eigenvalue weighted by Crippen LogP contribution is -2.15. The first-order chi connectivity index (χ1) is 7.65. The van der Waals surface area contributed by atoms with Crippen molar-refractivity contribution in [1.29, 1.82) is 0 Å². The lowest BCUT2D eigenvalue weighted by atomic mass is 10.3. The normalized spacial score (nSPS) is 20.0. The number of ether oxygens (including phenoxy) is 2. The fourth-order valence-corrected chi connectivity index (χ4v) is 1.48. The Morgan fingerprint density at radius 2 is 2.19 bits per heavy atom. The molecule has 0 aromatic heterocycles. The van der Waals surface area contributed by atoms with Crippen LogP contribution in [0.1, 0.15) is 6.92 Å². The van der Waals surface area contributed by atoms with E-state index in [-0.39, 0.29) is 12.0 Å². The van der Waals surface area contributed by atoms with Crippen LogP contribution < -0.4 is 10.1 Å². The highest BCUT2D eigenvalue weighted by Gasteiger charge is 2.32. The highest BCUT2D eigenvalue weighted by molar-refractivity contribution is 6.20. The van der Waals surface area contributed by atoms with Gasteiger partial charge in [0.15, 0.2) is 5.56 Å². The van der Waals surface area contributed by atoms with Gasteiger partial charge in [0.2, 0.25) is 5.91 Å². The number of anilines is 1. The summed E-state index contributed by atoms with van der Waals surface area (Å²) in [6.07, 6.45) is -0.00307. The van der Waals surface area contributed by atoms with Crippen molar-refractivity contribution < 1.29 is 14.3 Å². The molecule has 0 spiro atoms. The van der Waals surface area contributed by atoms with Gasteiger partial charge in [0.25, 0.3) is 0 Å². The summed E-state index contributed by atoms with van der Waals surface area (Å²) in [5, 5.41) is 2.67. The Bertz CT molecular complexity index is 375. The maximum atomic E-state index is 10.8. The van der Waals surface area contributed by atoms with Gasteiger partial charge in [-0.3, -0.25) is 4.79 Å². The van der Waals surface area contributed by atoms with Gasteiger partial charge in [-0.2, -0.15) is 0 Å². The molecule has 1 saturated heterocycles. The van der Waals surface area contributed by atoms with Crippen molar-refractivity contribution >= 4 is 23.2 Å². The van der Waals surface area contributed by atoms with E-state index in [0.717, 1.165) is 5.69 Å². The number of hydrogen-bond donors (Lipinski definition) is 1. The van der Waals surface area contributed by atoms with Crippen LogP contribution in [0.15, 0.2) is 24.3 Å². The highest BCUT2D eigenvalue weighted by Crippen LogP contribution is 2.24. The van der Waals surface area contributed by atoms with Crippen LogP contribution in [-0.4, -0.2) is 24.2 Å². The van der Waals surface area contributed by atoms with E-state index in [1.807, 2.05) is 0 Å². The first-order valence-electron chi connectivity index (χ1n) is 4.95. The predicted octanol–water partition coefficient (Wildman–Crippen LogP) is 1.99. The molecule has 2 rings (SSSR count). The van der Waals surface area contributed by atoms with Crippen LogP contribution in [-0.2, 0) is 9.53 Å². The van der Waals surface area contributed by atoms with Gasteiger partial charge in [-0.15, -0.1) is 0 Å². The standard InChI is InChI=1S/C11H12ClNO3/c1-7(14)13-8-2-4-9(5-3-8)16-11(12)10-6-15-10/h2-5,10-11H,6H2,1H3,(H,13,14). The number of alkyl halides is 1. The van der Waals surface area contributed by atoms with Crippen LogP contribution in [0.5, 0.6) is 5.75 Å². The second-order valence-corrected chi connectivity index (χ2v) is 3.98. The van der Waals surface area contributed by atoms with Crippen LogP contribution in [0.4, 0.5) is 5.69 Å². The predicted molar refractivity (Wildman–Crippen MR) is 60.8 cm³/mol. The molecule has 1 aliphatic rings. The molecule has 86 valence electrons. The molecular weight excluding hydrogens is 230 g/mol. The summed E-state index contributed by atoms with van der Waals surface area (Å²) in [5.41, 5.74) is 0.278. The van der Waals surface area contributed by atoms with Crippen LogP contribution >= 0.6 is 11.6 Å².